The van der Waals surface area contributed by atoms with Crippen LogP contribution in [-0.2, 0) is 28.6 Å². The summed E-state index contributed by atoms with van der Waals surface area (Å²) in [6.45, 7) is 6.30. The van der Waals surface area contributed by atoms with E-state index in [0.29, 0.717) is 19.3 Å². The van der Waals surface area contributed by atoms with Gasteiger partial charge >= 0.3 is 17.9 Å². The molecule has 0 heterocycles. The van der Waals surface area contributed by atoms with Crippen LogP contribution < -0.4 is 0 Å². The van der Waals surface area contributed by atoms with E-state index in [1.807, 2.05) is 24.3 Å². The first-order chi connectivity index (χ1) is 29.5. The lowest BCUT2D eigenvalue weighted by atomic mass is 10.1. The van der Waals surface area contributed by atoms with E-state index in [9.17, 15) is 14.4 Å². The molecule has 0 bridgehead atoms. The maximum atomic E-state index is 12.8. The predicted molar refractivity (Wildman–Crippen MR) is 256 cm³/mol. The van der Waals surface area contributed by atoms with Gasteiger partial charge < -0.3 is 14.2 Å². The molecule has 0 aromatic rings. The molecule has 1 atom stereocenters. The van der Waals surface area contributed by atoms with E-state index >= 15 is 0 Å². The number of ether oxygens (including phenoxy) is 3. The lowest BCUT2D eigenvalue weighted by Gasteiger charge is -2.18. The Labute approximate surface area is 368 Å². The molecule has 6 heteroatoms. The van der Waals surface area contributed by atoms with Gasteiger partial charge in [-0.25, -0.2) is 0 Å². The highest BCUT2D eigenvalue weighted by atomic mass is 16.6. The van der Waals surface area contributed by atoms with E-state index < -0.39 is 6.10 Å². The summed E-state index contributed by atoms with van der Waals surface area (Å²) in [5, 5.41) is 0. The van der Waals surface area contributed by atoms with Crippen LogP contribution in [0.3, 0.4) is 0 Å². The van der Waals surface area contributed by atoms with Crippen molar-refractivity contribution in [2.75, 3.05) is 13.2 Å². The average Bonchev–Trinajstić information content (AvgIpc) is 3.24. The highest BCUT2D eigenvalue weighted by molar-refractivity contribution is 5.71. The normalized spacial score (nSPS) is 12.9. The van der Waals surface area contributed by atoms with Crippen LogP contribution in [0.4, 0.5) is 0 Å². The zero-order chi connectivity index (χ0) is 43.7. The first kappa shape index (κ1) is 56.3. The molecular weight excluding hydrogens is 745 g/mol. The zero-order valence-corrected chi connectivity index (χ0v) is 38.7. The molecule has 0 fully saturated rings. The van der Waals surface area contributed by atoms with E-state index in [0.717, 1.165) is 128 Å². The fourth-order valence-corrected chi connectivity index (χ4v) is 6.30. The van der Waals surface area contributed by atoms with Gasteiger partial charge in [0.2, 0.25) is 0 Å². The van der Waals surface area contributed by atoms with Crippen molar-refractivity contribution in [1.82, 2.24) is 0 Å². The van der Waals surface area contributed by atoms with Crippen LogP contribution in [0.5, 0.6) is 0 Å². The Balaban J connectivity index is 4.48. The summed E-state index contributed by atoms with van der Waals surface area (Å²) in [5.74, 6) is -0.955. The fourth-order valence-electron chi connectivity index (χ4n) is 6.30. The highest BCUT2D eigenvalue weighted by Gasteiger charge is 2.19. The lowest BCUT2D eigenvalue weighted by Crippen LogP contribution is -2.30. The number of allylic oxidation sites excluding steroid dienone is 16. The number of carbonyl (C=O) groups excluding carboxylic acids is 3. The first-order valence-electron chi connectivity index (χ1n) is 24.3. The van der Waals surface area contributed by atoms with Crippen molar-refractivity contribution in [3.8, 4) is 0 Å². The summed E-state index contributed by atoms with van der Waals surface area (Å²) in [6, 6.07) is 0. The Hall–Kier alpha value is -3.67. The monoisotopic (exact) mass is 833 g/mol. The van der Waals surface area contributed by atoms with Gasteiger partial charge in [0.15, 0.2) is 6.10 Å². The molecule has 1 unspecified atom stereocenters. The molecule has 0 saturated heterocycles. The molecule has 0 aliphatic heterocycles. The van der Waals surface area contributed by atoms with Gasteiger partial charge in [-0.1, -0.05) is 195 Å². The second-order valence-corrected chi connectivity index (χ2v) is 15.7. The van der Waals surface area contributed by atoms with Gasteiger partial charge in [0.1, 0.15) is 13.2 Å². The molecule has 0 saturated carbocycles. The maximum Gasteiger partial charge on any atom is 0.306 e. The van der Waals surface area contributed by atoms with Gasteiger partial charge in [0, 0.05) is 19.3 Å². The molecule has 60 heavy (non-hydrogen) atoms. The summed E-state index contributed by atoms with van der Waals surface area (Å²) in [4.78, 5) is 37.9. The van der Waals surface area contributed by atoms with Crippen molar-refractivity contribution in [2.45, 2.75) is 213 Å². The smallest absolute Gasteiger partial charge is 0.306 e. The fraction of sp³-hybridized carbons (Fsp3) is 0.648. The SMILES string of the molecule is CC\C=C/C=C\C=C/C=C\CCCCCCCC(=O)OCC(COC(=O)CCCCCCC/C=C\C/C=C\CC)OC(=O)CCCCCCCC/C=C\C=C/CCCCC. The summed E-state index contributed by atoms with van der Waals surface area (Å²) in [6.07, 6.45) is 62.4. The van der Waals surface area contributed by atoms with Crippen molar-refractivity contribution in [2.24, 2.45) is 0 Å². The number of unbranched alkanes of at least 4 members (excludes halogenated alkanes) is 19. The minimum Gasteiger partial charge on any atom is -0.462 e. The van der Waals surface area contributed by atoms with Crippen molar-refractivity contribution < 1.29 is 28.6 Å². The molecule has 340 valence electrons. The quantitative estimate of drug-likeness (QED) is 0.0200. The third-order valence-electron chi connectivity index (χ3n) is 9.93. The van der Waals surface area contributed by atoms with Crippen LogP contribution in [-0.4, -0.2) is 37.2 Å². The minimum absolute atomic E-state index is 0.0992. The molecule has 0 rings (SSSR count). The van der Waals surface area contributed by atoms with Crippen LogP contribution in [0, 0.1) is 0 Å². The zero-order valence-electron chi connectivity index (χ0n) is 38.7. The molecule has 0 spiro atoms. The van der Waals surface area contributed by atoms with Crippen molar-refractivity contribution in [3.05, 3.63) is 97.2 Å². The van der Waals surface area contributed by atoms with Gasteiger partial charge in [-0.3, -0.25) is 14.4 Å². The van der Waals surface area contributed by atoms with Gasteiger partial charge in [0.25, 0.3) is 0 Å². The number of hydrogen-bond donors (Lipinski definition) is 0. The van der Waals surface area contributed by atoms with Crippen molar-refractivity contribution in [1.29, 1.82) is 0 Å². The summed E-state index contributed by atoms with van der Waals surface area (Å²) < 4.78 is 16.7. The number of esters is 3. The van der Waals surface area contributed by atoms with Crippen LogP contribution >= 0.6 is 0 Å². The number of rotatable bonds is 42. The van der Waals surface area contributed by atoms with E-state index in [2.05, 4.69) is 93.7 Å². The maximum absolute atomic E-state index is 12.8. The van der Waals surface area contributed by atoms with E-state index in [4.69, 9.17) is 14.2 Å². The largest absolute Gasteiger partial charge is 0.462 e. The summed E-state index contributed by atoms with van der Waals surface area (Å²) >= 11 is 0. The molecule has 0 N–H and O–H groups in total. The highest BCUT2D eigenvalue weighted by Crippen LogP contribution is 2.13. The molecule has 0 amide bonds. The van der Waals surface area contributed by atoms with E-state index in [1.165, 1.54) is 38.5 Å². The molecule has 0 aromatic carbocycles. The van der Waals surface area contributed by atoms with Crippen LogP contribution in [0.2, 0.25) is 0 Å². The van der Waals surface area contributed by atoms with E-state index in [1.54, 1.807) is 0 Å². The van der Waals surface area contributed by atoms with Gasteiger partial charge in [0.05, 0.1) is 0 Å². The Bertz CT molecular complexity index is 1230. The van der Waals surface area contributed by atoms with Gasteiger partial charge in [-0.05, 0) is 89.9 Å². The molecular formula is C54H88O6. The van der Waals surface area contributed by atoms with Crippen molar-refractivity contribution in [3.63, 3.8) is 0 Å². The Morgan fingerprint density at radius 2 is 0.733 bits per heavy atom. The first-order valence-corrected chi connectivity index (χ1v) is 24.3. The van der Waals surface area contributed by atoms with Crippen LogP contribution in [0.15, 0.2) is 97.2 Å². The Morgan fingerprint density at radius 1 is 0.367 bits per heavy atom. The van der Waals surface area contributed by atoms with Gasteiger partial charge in [-0.15, -0.1) is 0 Å². The Kier molecular flexibility index (Phi) is 45.1. The predicted octanol–water partition coefficient (Wildman–Crippen LogP) is 15.8. The average molecular weight is 833 g/mol. The van der Waals surface area contributed by atoms with Crippen molar-refractivity contribution >= 4 is 17.9 Å². The summed E-state index contributed by atoms with van der Waals surface area (Å²) in [5.41, 5.74) is 0. The topological polar surface area (TPSA) is 78.9 Å². The second kappa shape index (κ2) is 48.0. The van der Waals surface area contributed by atoms with Crippen LogP contribution in [0.25, 0.3) is 0 Å². The van der Waals surface area contributed by atoms with Crippen LogP contribution in [0.1, 0.15) is 207 Å². The van der Waals surface area contributed by atoms with Gasteiger partial charge in [-0.2, -0.15) is 0 Å². The minimum atomic E-state index is -0.799. The molecule has 6 nitrogen and oxygen atoms in total. The molecule has 0 radical (unpaired) electrons. The standard InChI is InChI=1S/C54H88O6/c1-4-7-10-13-16-19-22-25-27-29-32-35-38-41-44-47-53(56)59-50-51(49-58-52(55)46-43-40-37-34-31-24-21-18-15-12-9-6-3)60-54(57)48-45-42-39-36-33-30-28-26-23-20-17-14-11-8-5-2/h7,9-10,12-13,16-23,25-27,51H,4-6,8,11,14-15,24,28-50H2,1-3H3/b10-7-,12-9-,16-13-,20-17-,21-18-,22-19-,26-23-,27-25-. The molecule has 0 aromatic heterocycles. The lowest BCUT2D eigenvalue weighted by molar-refractivity contribution is -0.167. The summed E-state index contributed by atoms with van der Waals surface area (Å²) in [7, 11) is 0. The second-order valence-electron chi connectivity index (χ2n) is 15.7. The third kappa shape index (κ3) is 45.4. The molecule has 0 aliphatic rings. The molecule has 0 aliphatic carbocycles. The number of carbonyl (C=O) groups is 3. The number of hydrogen-bond acceptors (Lipinski definition) is 6. The van der Waals surface area contributed by atoms with E-state index in [-0.39, 0.29) is 31.1 Å². The third-order valence-corrected chi connectivity index (χ3v) is 9.93. The Morgan fingerprint density at radius 3 is 1.22 bits per heavy atom.